The maximum Gasteiger partial charge on any atom is 0.300 e. The van der Waals surface area contributed by atoms with Gasteiger partial charge in [-0.05, 0) is 37.6 Å². The second kappa shape index (κ2) is 9.23. The molecular formula is C27H24ClNO5. The van der Waals surface area contributed by atoms with Crippen molar-refractivity contribution in [1.82, 2.24) is 0 Å². The highest BCUT2D eigenvalue weighted by molar-refractivity contribution is 6.51. The molecule has 1 aliphatic rings. The number of nitrogens with zero attached hydrogens (tertiary/aromatic N) is 1. The van der Waals surface area contributed by atoms with Crippen LogP contribution < -0.4 is 14.4 Å². The minimum atomic E-state index is -0.840. The van der Waals surface area contributed by atoms with E-state index in [1.165, 1.54) is 31.3 Å². The van der Waals surface area contributed by atoms with Crippen LogP contribution in [0.15, 0.2) is 66.2 Å². The number of carbonyl (C=O) groups excluding carboxylic acids is 2. The third kappa shape index (κ3) is 4.01. The van der Waals surface area contributed by atoms with Gasteiger partial charge in [-0.15, -0.1) is 0 Å². The number of Topliss-reactive ketones (excluding diaryl/α,β-unsaturated/α-hetero) is 1. The Hall–Kier alpha value is -3.77. The normalized spacial score (nSPS) is 17.2. The quantitative estimate of drug-likeness (QED) is 0.294. The zero-order chi connectivity index (χ0) is 24.6. The van der Waals surface area contributed by atoms with Crippen LogP contribution in [0.25, 0.3) is 5.76 Å². The Morgan fingerprint density at radius 1 is 0.912 bits per heavy atom. The molecule has 1 atom stereocenters. The van der Waals surface area contributed by atoms with Gasteiger partial charge in [-0.2, -0.15) is 0 Å². The van der Waals surface area contributed by atoms with Crippen molar-refractivity contribution in [3.63, 3.8) is 0 Å². The Morgan fingerprint density at radius 2 is 1.59 bits per heavy atom. The summed E-state index contributed by atoms with van der Waals surface area (Å²) >= 11 is 6.31. The van der Waals surface area contributed by atoms with Crippen molar-refractivity contribution in [3.05, 3.63) is 93.5 Å². The SMILES string of the molecule is COc1cc(OC)c(/C(O)=C2\C(=O)C(=O)N(c3ccc(C)cc3)C2c2cccc(C)c2)cc1Cl. The summed E-state index contributed by atoms with van der Waals surface area (Å²) in [5, 5.41) is 11.6. The Bertz CT molecular complexity index is 1310. The summed E-state index contributed by atoms with van der Waals surface area (Å²) in [5.41, 5.74) is 3.36. The van der Waals surface area contributed by atoms with Crippen molar-refractivity contribution >= 4 is 34.7 Å². The van der Waals surface area contributed by atoms with E-state index in [1.807, 2.05) is 50.2 Å². The van der Waals surface area contributed by atoms with Gasteiger partial charge >= 0.3 is 0 Å². The molecular weight excluding hydrogens is 454 g/mol. The van der Waals surface area contributed by atoms with E-state index in [9.17, 15) is 14.7 Å². The van der Waals surface area contributed by atoms with Crippen LogP contribution in [0.1, 0.15) is 28.3 Å². The molecule has 1 unspecified atom stereocenters. The number of amides is 1. The number of halogens is 1. The maximum absolute atomic E-state index is 13.3. The average Bonchev–Trinajstić information content (AvgIpc) is 3.09. The molecule has 0 aliphatic carbocycles. The minimum absolute atomic E-state index is 0.0456. The number of methoxy groups -OCH3 is 2. The zero-order valence-electron chi connectivity index (χ0n) is 19.3. The molecule has 4 rings (SSSR count). The maximum atomic E-state index is 13.3. The summed E-state index contributed by atoms with van der Waals surface area (Å²) in [6, 6.07) is 17.0. The second-order valence-electron chi connectivity index (χ2n) is 8.11. The van der Waals surface area contributed by atoms with E-state index in [4.69, 9.17) is 21.1 Å². The second-order valence-corrected chi connectivity index (χ2v) is 8.51. The molecule has 6 nitrogen and oxygen atoms in total. The zero-order valence-corrected chi connectivity index (χ0v) is 20.0. The summed E-state index contributed by atoms with van der Waals surface area (Å²) < 4.78 is 10.7. The molecule has 34 heavy (non-hydrogen) atoms. The fraction of sp³-hybridized carbons (Fsp3) is 0.185. The number of aryl methyl sites for hydroxylation is 2. The van der Waals surface area contributed by atoms with Crippen molar-refractivity contribution in [3.8, 4) is 11.5 Å². The molecule has 1 saturated heterocycles. The Kier molecular flexibility index (Phi) is 6.35. The van der Waals surface area contributed by atoms with Crippen molar-refractivity contribution in [2.45, 2.75) is 19.9 Å². The molecule has 3 aromatic carbocycles. The molecule has 3 aromatic rings. The van der Waals surface area contributed by atoms with Crippen LogP contribution in [-0.2, 0) is 9.59 Å². The first-order chi connectivity index (χ1) is 16.3. The summed E-state index contributed by atoms with van der Waals surface area (Å²) in [5.74, 6) is -1.29. The van der Waals surface area contributed by atoms with Gasteiger partial charge in [-0.3, -0.25) is 14.5 Å². The lowest BCUT2D eigenvalue weighted by Crippen LogP contribution is -2.29. The van der Waals surface area contributed by atoms with Gasteiger partial charge in [0.1, 0.15) is 17.3 Å². The molecule has 1 N–H and O–H groups in total. The first kappa shape index (κ1) is 23.4. The van der Waals surface area contributed by atoms with Gasteiger partial charge in [0.25, 0.3) is 11.7 Å². The van der Waals surface area contributed by atoms with E-state index < -0.39 is 17.7 Å². The van der Waals surface area contributed by atoms with Gasteiger partial charge < -0.3 is 14.6 Å². The highest BCUT2D eigenvalue weighted by Gasteiger charge is 2.47. The Balaban J connectivity index is 1.99. The Morgan fingerprint density at radius 3 is 2.21 bits per heavy atom. The smallest absolute Gasteiger partial charge is 0.300 e. The average molecular weight is 478 g/mol. The number of hydrogen-bond donors (Lipinski definition) is 1. The number of ketones is 1. The van der Waals surface area contributed by atoms with E-state index in [0.29, 0.717) is 17.0 Å². The highest BCUT2D eigenvalue weighted by Crippen LogP contribution is 2.44. The van der Waals surface area contributed by atoms with Crippen LogP contribution in [0.2, 0.25) is 5.02 Å². The van der Waals surface area contributed by atoms with Crippen molar-refractivity contribution in [1.29, 1.82) is 0 Å². The summed E-state index contributed by atoms with van der Waals surface area (Å²) in [7, 11) is 2.90. The standard InChI is InChI=1S/C27H24ClNO5/c1-15-8-10-18(11-9-15)29-24(17-7-5-6-16(2)12-17)23(26(31)27(29)32)25(30)19-13-20(28)22(34-4)14-21(19)33-3/h5-14,24,30H,1-4H3/b25-23+. The molecule has 1 amide bonds. The lowest BCUT2D eigenvalue weighted by atomic mass is 9.94. The molecule has 7 heteroatoms. The van der Waals surface area contributed by atoms with Crippen molar-refractivity contribution in [2.75, 3.05) is 19.1 Å². The molecule has 0 saturated carbocycles. The van der Waals surface area contributed by atoms with E-state index in [1.54, 1.807) is 12.1 Å². The topological polar surface area (TPSA) is 76.1 Å². The lowest BCUT2D eigenvalue weighted by Gasteiger charge is -2.26. The van der Waals surface area contributed by atoms with Gasteiger partial charge in [0, 0.05) is 11.8 Å². The van der Waals surface area contributed by atoms with E-state index in [2.05, 4.69) is 0 Å². The van der Waals surface area contributed by atoms with Gasteiger partial charge in [0.15, 0.2) is 0 Å². The van der Waals surface area contributed by atoms with Crippen molar-refractivity contribution < 1.29 is 24.2 Å². The largest absolute Gasteiger partial charge is 0.507 e. The predicted molar refractivity (Wildman–Crippen MR) is 132 cm³/mol. The molecule has 1 fully saturated rings. The third-order valence-corrected chi connectivity index (χ3v) is 6.14. The number of rotatable bonds is 5. The van der Waals surface area contributed by atoms with Gasteiger partial charge in [-0.25, -0.2) is 0 Å². The minimum Gasteiger partial charge on any atom is -0.507 e. The number of benzene rings is 3. The number of carbonyl (C=O) groups is 2. The number of hydrogen-bond acceptors (Lipinski definition) is 5. The van der Waals surface area contributed by atoms with Crippen LogP contribution in [0.5, 0.6) is 11.5 Å². The van der Waals surface area contributed by atoms with Gasteiger partial charge in [0.05, 0.1) is 36.4 Å². The van der Waals surface area contributed by atoms with E-state index >= 15 is 0 Å². The molecule has 1 aliphatic heterocycles. The number of anilines is 1. The lowest BCUT2D eigenvalue weighted by molar-refractivity contribution is -0.132. The molecule has 0 aromatic heterocycles. The first-order valence-corrected chi connectivity index (χ1v) is 11.0. The molecule has 0 spiro atoms. The van der Waals surface area contributed by atoms with Crippen LogP contribution in [0.3, 0.4) is 0 Å². The van der Waals surface area contributed by atoms with Gasteiger partial charge in [0.2, 0.25) is 0 Å². The predicted octanol–water partition coefficient (Wildman–Crippen LogP) is 5.60. The third-order valence-electron chi connectivity index (χ3n) is 5.84. The van der Waals surface area contributed by atoms with E-state index in [-0.39, 0.29) is 27.7 Å². The Labute approximate surface area is 203 Å². The number of aliphatic hydroxyl groups excluding tert-OH is 1. The number of aliphatic hydroxyl groups is 1. The van der Waals surface area contributed by atoms with Crippen LogP contribution in [0.4, 0.5) is 5.69 Å². The first-order valence-electron chi connectivity index (χ1n) is 10.6. The molecule has 174 valence electrons. The summed E-state index contributed by atoms with van der Waals surface area (Å²) in [4.78, 5) is 28.0. The van der Waals surface area contributed by atoms with Crippen LogP contribution in [0, 0.1) is 13.8 Å². The van der Waals surface area contributed by atoms with Crippen molar-refractivity contribution in [2.24, 2.45) is 0 Å². The summed E-state index contributed by atoms with van der Waals surface area (Å²) in [6.45, 7) is 3.86. The molecule has 0 bridgehead atoms. The fourth-order valence-electron chi connectivity index (χ4n) is 4.15. The molecule has 0 radical (unpaired) electrons. The van der Waals surface area contributed by atoms with Gasteiger partial charge in [-0.1, -0.05) is 59.1 Å². The highest BCUT2D eigenvalue weighted by atomic mass is 35.5. The monoisotopic (exact) mass is 477 g/mol. The number of ether oxygens (including phenoxy) is 2. The fourth-order valence-corrected chi connectivity index (χ4v) is 4.39. The molecule has 1 heterocycles. The van der Waals surface area contributed by atoms with Crippen LogP contribution >= 0.6 is 11.6 Å². The summed E-state index contributed by atoms with van der Waals surface area (Å²) in [6.07, 6.45) is 0. The van der Waals surface area contributed by atoms with E-state index in [0.717, 1.165) is 11.1 Å². The van der Waals surface area contributed by atoms with Crippen LogP contribution in [-0.4, -0.2) is 31.0 Å².